The molecule has 5 aromatic rings. The first kappa shape index (κ1) is 39.1. The molecule has 2 fully saturated rings. The van der Waals surface area contributed by atoms with Gasteiger partial charge in [-0.2, -0.15) is 0 Å². The van der Waals surface area contributed by atoms with Gasteiger partial charge in [-0.3, -0.25) is 9.59 Å². The molecular weight excluding hydrogens is 765 g/mol. The first-order chi connectivity index (χ1) is 27.6. The van der Waals surface area contributed by atoms with Crippen LogP contribution in [0.4, 0.5) is 9.59 Å². The normalized spacial score (nSPS) is 17.4. The Bertz CT molecular complexity index is 2390. The number of thiophene rings is 2. The zero-order valence-corrected chi connectivity index (χ0v) is 33.5. The molecule has 7 rings (SSSR count). The van der Waals surface area contributed by atoms with Crippen LogP contribution in [0.3, 0.4) is 0 Å². The molecule has 2 aliphatic heterocycles. The van der Waals surface area contributed by atoms with Gasteiger partial charge in [0.15, 0.2) is 0 Å². The zero-order valence-electron chi connectivity index (χ0n) is 31.9. The summed E-state index contributed by atoms with van der Waals surface area (Å²) in [6.07, 6.45) is 5.15. The van der Waals surface area contributed by atoms with Crippen molar-refractivity contribution in [3.05, 3.63) is 93.2 Å². The fourth-order valence-electron chi connectivity index (χ4n) is 7.19. The monoisotopic (exact) mass is 806 g/mol. The molecule has 0 bridgehead atoms. The molecule has 4 amide bonds. The molecule has 0 saturated carbocycles. The standard InChI is InChI=1S/C41H42N8O6S2/c1-24(2)32(46-40(52)54-3)38(50)48-18-8-12-30(48)36-42-20-28(44-36)16-14-26-22-56-35-27(23-57-34(26)35)15-17-29-21-43-37(45-29)31-13-9-19-49(31)39(51)33(47-41(53)55-4)25-10-6-5-7-11-25/h5-7,10-11,20-24,30-33H,8-9,12-13,18-19H2,1-4H3,(H,42,44)(H,43,45)(H,46,52)(H,47,53)/t30?,31?,32-,33+/m0/s1. The highest BCUT2D eigenvalue weighted by Gasteiger charge is 2.38. The highest BCUT2D eigenvalue weighted by atomic mass is 32.1. The number of aromatic nitrogens is 4. The van der Waals surface area contributed by atoms with Crippen LogP contribution in [-0.2, 0) is 19.1 Å². The SMILES string of the molecule is COC(=O)N[C@H](C(=O)N1CCCC1c1ncc(C#Cc2csc3c(C#Cc4cnc(C5CCCN5C(=O)[C@H](NC(=O)OC)c5ccccc5)[nH]4)csc23)[nH]1)C(C)C. The van der Waals surface area contributed by atoms with E-state index in [9.17, 15) is 19.2 Å². The molecule has 57 heavy (non-hydrogen) atoms. The molecule has 16 heteroatoms. The Balaban J connectivity index is 1.02. The number of rotatable bonds is 8. The topological polar surface area (TPSA) is 175 Å². The number of H-pyrrole nitrogens is 2. The second kappa shape index (κ2) is 17.4. The molecule has 294 valence electrons. The molecule has 2 saturated heterocycles. The van der Waals surface area contributed by atoms with Gasteiger partial charge in [0.05, 0.1) is 59.2 Å². The quantitative estimate of drug-likeness (QED) is 0.138. The smallest absolute Gasteiger partial charge is 0.407 e. The zero-order chi connectivity index (χ0) is 40.1. The molecule has 2 unspecified atom stereocenters. The van der Waals surface area contributed by atoms with Gasteiger partial charge in [-0.05, 0) is 49.0 Å². The van der Waals surface area contributed by atoms with Crippen molar-refractivity contribution in [1.29, 1.82) is 0 Å². The molecule has 2 aliphatic rings. The lowest BCUT2D eigenvalue weighted by atomic mass is 10.0. The van der Waals surface area contributed by atoms with Gasteiger partial charge >= 0.3 is 12.2 Å². The maximum absolute atomic E-state index is 13.8. The molecule has 0 aliphatic carbocycles. The van der Waals surface area contributed by atoms with Gasteiger partial charge in [0.2, 0.25) is 5.91 Å². The van der Waals surface area contributed by atoms with Crippen molar-refractivity contribution < 1.29 is 28.7 Å². The third-order valence-corrected chi connectivity index (χ3v) is 12.2. The highest BCUT2D eigenvalue weighted by Crippen LogP contribution is 2.36. The fraction of sp³-hybridized carbons (Fsp3) is 0.366. The number of carbonyl (C=O) groups is 4. The van der Waals surface area contributed by atoms with Crippen molar-refractivity contribution in [3.63, 3.8) is 0 Å². The lowest BCUT2D eigenvalue weighted by Crippen LogP contribution is -2.51. The number of imidazole rings is 2. The predicted octanol–water partition coefficient (Wildman–Crippen LogP) is 6.01. The van der Waals surface area contributed by atoms with E-state index in [0.29, 0.717) is 41.7 Å². The van der Waals surface area contributed by atoms with Crippen LogP contribution in [0.5, 0.6) is 0 Å². The number of nitrogens with one attached hydrogen (secondary N) is 4. The number of aromatic amines is 2. The van der Waals surface area contributed by atoms with Gasteiger partial charge in [0.25, 0.3) is 5.91 Å². The van der Waals surface area contributed by atoms with E-state index in [1.54, 1.807) is 57.0 Å². The van der Waals surface area contributed by atoms with Crippen LogP contribution < -0.4 is 10.6 Å². The number of benzene rings is 1. The molecule has 0 spiro atoms. The maximum atomic E-state index is 13.8. The summed E-state index contributed by atoms with van der Waals surface area (Å²) in [6, 6.07) is 6.98. The average Bonchev–Trinajstić information content (AvgIpc) is 4.08. The van der Waals surface area contributed by atoms with Gasteiger partial charge in [0.1, 0.15) is 35.1 Å². The van der Waals surface area contributed by atoms with Crippen molar-refractivity contribution in [3.8, 4) is 23.7 Å². The van der Waals surface area contributed by atoms with Crippen LogP contribution in [0, 0.1) is 29.6 Å². The van der Waals surface area contributed by atoms with Gasteiger partial charge in [-0.1, -0.05) is 56.0 Å². The summed E-state index contributed by atoms with van der Waals surface area (Å²) in [7, 11) is 2.55. The number of carbonyl (C=O) groups excluding carboxylic acids is 4. The van der Waals surface area contributed by atoms with Crippen molar-refractivity contribution in [2.75, 3.05) is 27.3 Å². The number of hydrogen-bond donors (Lipinski definition) is 4. The number of likely N-dealkylation sites (tertiary alicyclic amines) is 2. The van der Waals surface area contributed by atoms with E-state index in [1.807, 2.05) is 42.8 Å². The number of fused-ring (bicyclic) bond motifs is 1. The molecule has 4 N–H and O–H groups in total. The summed E-state index contributed by atoms with van der Waals surface area (Å²) in [5.74, 6) is 13.8. The maximum Gasteiger partial charge on any atom is 0.407 e. The second-order valence-corrected chi connectivity index (χ2v) is 15.8. The van der Waals surface area contributed by atoms with Crippen molar-refractivity contribution >= 4 is 56.1 Å². The van der Waals surface area contributed by atoms with Crippen LogP contribution >= 0.6 is 22.7 Å². The Kier molecular flexibility index (Phi) is 11.9. The molecule has 1 aromatic carbocycles. The van der Waals surface area contributed by atoms with E-state index >= 15 is 0 Å². The number of ether oxygens (including phenoxy) is 2. The van der Waals surface area contributed by atoms with Crippen LogP contribution in [0.2, 0.25) is 0 Å². The van der Waals surface area contributed by atoms with Crippen molar-refractivity contribution in [2.45, 2.75) is 63.7 Å². The Hall–Kier alpha value is -6.10. The number of nitrogens with zero attached hydrogens (tertiary/aromatic N) is 4. The Labute approximate surface area is 337 Å². The summed E-state index contributed by atoms with van der Waals surface area (Å²) >= 11 is 3.16. The Morgan fingerprint density at radius 2 is 1.26 bits per heavy atom. The van der Waals surface area contributed by atoms with Crippen LogP contribution in [-0.4, -0.2) is 87.1 Å². The largest absolute Gasteiger partial charge is 0.453 e. The molecular formula is C41H42N8O6S2. The fourth-order valence-corrected chi connectivity index (χ4v) is 9.36. The van der Waals surface area contributed by atoms with Gasteiger partial charge < -0.3 is 39.9 Å². The van der Waals surface area contributed by atoms with E-state index in [2.05, 4.69) is 54.3 Å². The van der Waals surface area contributed by atoms with Crippen LogP contribution in [0.25, 0.3) is 9.40 Å². The van der Waals surface area contributed by atoms with Crippen LogP contribution in [0.15, 0.2) is 53.5 Å². The van der Waals surface area contributed by atoms with E-state index < -0.39 is 24.3 Å². The van der Waals surface area contributed by atoms with E-state index in [-0.39, 0.29) is 29.8 Å². The first-order valence-corrected chi connectivity index (χ1v) is 20.4. The average molecular weight is 807 g/mol. The first-order valence-electron chi connectivity index (χ1n) is 18.6. The predicted molar refractivity (Wildman–Crippen MR) is 215 cm³/mol. The lowest BCUT2D eigenvalue weighted by Gasteiger charge is -2.29. The summed E-state index contributed by atoms with van der Waals surface area (Å²) in [5.41, 5.74) is 3.71. The van der Waals surface area contributed by atoms with Crippen LogP contribution in [0.1, 0.15) is 97.4 Å². The van der Waals surface area contributed by atoms with E-state index in [1.165, 1.54) is 14.2 Å². The van der Waals surface area contributed by atoms with Gasteiger partial charge in [0, 0.05) is 23.8 Å². The highest BCUT2D eigenvalue weighted by molar-refractivity contribution is 7.26. The minimum absolute atomic E-state index is 0.119. The van der Waals surface area contributed by atoms with Gasteiger partial charge in [-0.15, -0.1) is 22.7 Å². The van der Waals surface area contributed by atoms with Crippen molar-refractivity contribution in [1.82, 2.24) is 40.4 Å². The molecule has 14 nitrogen and oxygen atoms in total. The van der Waals surface area contributed by atoms with E-state index in [4.69, 9.17) is 9.47 Å². The summed E-state index contributed by atoms with van der Waals surface area (Å²) < 4.78 is 11.6. The Morgan fingerprint density at radius 1 is 0.754 bits per heavy atom. The second-order valence-electron chi connectivity index (χ2n) is 14.0. The van der Waals surface area contributed by atoms with E-state index in [0.717, 1.165) is 46.2 Å². The molecule has 4 aromatic heterocycles. The Morgan fingerprint density at radius 3 is 1.77 bits per heavy atom. The van der Waals surface area contributed by atoms with Crippen molar-refractivity contribution in [2.24, 2.45) is 5.92 Å². The minimum Gasteiger partial charge on any atom is -0.453 e. The number of amides is 4. The summed E-state index contributed by atoms with van der Waals surface area (Å²) in [5, 5.41) is 9.41. The third-order valence-electron chi connectivity index (χ3n) is 10.1. The molecule has 0 radical (unpaired) electrons. The number of hydrogen-bond acceptors (Lipinski definition) is 10. The summed E-state index contributed by atoms with van der Waals surface area (Å²) in [4.78, 5) is 70.8. The third kappa shape index (κ3) is 8.52. The molecule has 6 heterocycles. The number of methoxy groups -OCH3 is 2. The molecule has 4 atom stereocenters. The van der Waals surface area contributed by atoms with Gasteiger partial charge in [-0.25, -0.2) is 19.6 Å². The summed E-state index contributed by atoms with van der Waals surface area (Å²) in [6.45, 7) is 4.88. The number of alkyl carbamates (subject to hydrolysis) is 2. The lowest BCUT2D eigenvalue weighted by molar-refractivity contribution is -0.135. The minimum atomic E-state index is -0.895.